The third-order valence-electron chi connectivity index (χ3n) is 4.01. The van der Waals surface area contributed by atoms with Gasteiger partial charge in [-0.3, -0.25) is 0 Å². The van der Waals surface area contributed by atoms with E-state index in [1.165, 1.54) is 38.8 Å². The van der Waals surface area contributed by atoms with Crippen LogP contribution in [0.2, 0.25) is 10.0 Å². The van der Waals surface area contributed by atoms with Gasteiger partial charge in [-0.2, -0.15) is 0 Å². The van der Waals surface area contributed by atoms with Gasteiger partial charge in [-0.05, 0) is 38.1 Å². The zero-order valence-electron chi connectivity index (χ0n) is 14.8. The van der Waals surface area contributed by atoms with E-state index in [-0.39, 0.29) is 0 Å². The molecule has 1 fully saturated rings. The third kappa shape index (κ3) is 8.74. The van der Waals surface area contributed by atoms with Gasteiger partial charge in [-0.25, -0.2) is 9.59 Å². The van der Waals surface area contributed by atoms with E-state index in [1.807, 2.05) is 6.07 Å². The molecular weight excluding hydrogens is 381 g/mol. The summed E-state index contributed by atoms with van der Waals surface area (Å²) >= 11 is 11.9. The number of carboxylic acid groups (broad SMARTS) is 2. The summed E-state index contributed by atoms with van der Waals surface area (Å²) in [5.74, 6) is -2.21. The Morgan fingerprint density at radius 1 is 1.19 bits per heavy atom. The van der Waals surface area contributed by atoms with Gasteiger partial charge in [0.15, 0.2) is 0 Å². The Hall–Kier alpha value is -1.50. The van der Waals surface area contributed by atoms with Crippen LogP contribution in [0.3, 0.4) is 0 Å². The van der Waals surface area contributed by atoms with Crippen LogP contribution in [-0.2, 0) is 9.59 Å². The van der Waals surface area contributed by atoms with Crippen LogP contribution in [0, 0.1) is 5.92 Å². The monoisotopic (exact) mass is 405 g/mol. The van der Waals surface area contributed by atoms with E-state index in [2.05, 4.69) is 11.8 Å². The van der Waals surface area contributed by atoms with Crippen molar-refractivity contribution in [3.63, 3.8) is 0 Å². The highest BCUT2D eigenvalue weighted by atomic mass is 35.5. The maximum atomic E-state index is 9.10. The third-order valence-corrected chi connectivity index (χ3v) is 4.75. The van der Waals surface area contributed by atoms with Crippen molar-refractivity contribution in [3.8, 4) is 5.75 Å². The van der Waals surface area contributed by atoms with Crippen molar-refractivity contribution in [3.05, 3.63) is 28.2 Å². The average Bonchev–Trinajstić information content (AvgIpc) is 3.04. The lowest BCUT2D eigenvalue weighted by molar-refractivity contribution is -0.159. The van der Waals surface area contributed by atoms with E-state index in [9.17, 15) is 0 Å². The molecule has 2 N–H and O–H groups in total. The summed E-state index contributed by atoms with van der Waals surface area (Å²) in [5, 5.41) is 15.9. The Kier molecular flexibility index (Phi) is 10.4. The van der Waals surface area contributed by atoms with Crippen LogP contribution < -0.4 is 4.74 Å². The van der Waals surface area contributed by atoms with Crippen LogP contribution in [-0.4, -0.2) is 53.3 Å². The Morgan fingerprint density at radius 2 is 1.88 bits per heavy atom. The minimum Gasteiger partial charge on any atom is -0.493 e. The number of carboxylic acids is 2. The normalized spacial score (nSPS) is 16.7. The fraction of sp³-hybridized carbons (Fsp3) is 0.556. The number of ether oxygens (including phenoxy) is 1. The molecule has 1 atom stereocenters. The number of halogens is 2. The first-order chi connectivity index (χ1) is 12.3. The minimum absolute atomic E-state index is 0.553. The highest BCUT2D eigenvalue weighted by Crippen LogP contribution is 2.27. The van der Waals surface area contributed by atoms with E-state index >= 15 is 0 Å². The van der Waals surface area contributed by atoms with Gasteiger partial charge in [0.2, 0.25) is 0 Å². The zero-order chi connectivity index (χ0) is 19.5. The summed E-state index contributed by atoms with van der Waals surface area (Å²) in [5.41, 5.74) is 0. The quantitative estimate of drug-likeness (QED) is 0.525. The van der Waals surface area contributed by atoms with Crippen molar-refractivity contribution in [1.82, 2.24) is 4.90 Å². The highest BCUT2D eigenvalue weighted by molar-refractivity contribution is 6.42. The van der Waals surface area contributed by atoms with Crippen molar-refractivity contribution in [2.24, 2.45) is 5.92 Å². The summed E-state index contributed by atoms with van der Waals surface area (Å²) in [6, 6.07) is 5.45. The van der Waals surface area contributed by atoms with Crippen LogP contribution >= 0.6 is 23.2 Å². The van der Waals surface area contributed by atoms with Crippen molar-refractivity contribution >= 4 is 35.1 Å². The molecule has 1 unspecified atom stereocenters. The van der Waals surface area contributed by atoms with Crippen LogP contribution in [0.25, 0.3) is 0 Å². The van der Waals surface area contributed by atoms with Crippen LogP contribution in [0.4, 0.5) is 0 Å². The van der Waals surface area contributed by atoms with Gasteiger partial charge in [0.05, 0.1) is 16.7 Å². The van der Waals surface area contributed by atoms with Gasteiger partial charge >= 0.3 is 11.9 Å². The second kappa shape index (κ2) is 12.0. The number of carbonyl (C=O) groups is 2. The molecule has 6 nitrogen and oxygen atoms in total. The number of hydrogen-bond acceptors (Lipinski definition) is 4. The molecule has 1 aromatic carbocycles. The first kappa shape index (κ1) is 22.5. The number of nitrogens with zero attached hydrogens (tertiary/aromatic N) is 1. The molecular formula is C18H25Cl2NO5. The molecule has 1 aromatic rings. The predicted octanol–water partition coefficient (Wildman–Crippen LogP) is 4.04. The van der Waals surface area contributed by atoms with Gasteiger partial charge in [-0.1, -0.05) is 43.0 Å². The second-order valence-electron chi connectivity index (χ2n) is 6.16. The Morgan fingerprint density at radius 3 is 2.46 bits per heavy atom. The predicted molar refractivity (Wildman–Crippen MR) is 101 cm³/mol. The Bertz CT molecular complexity index is 585. The zero-order valence-corrected chi connectivity index (χ0v) is 16.3. The average molecular weight is 406 g/mol. The van der Waals surface area contributed by atoms with E-state index in [4.69, 9.17) is 47.7 Å². The molecule has 8 heteroatoms. The van der Waals surface area contributed by atoms with Gasteiger partial charge in [-0.15, -0.1) is 0 Å². The second-order valence-corrected chi connectivity index (χ2v) is 6.97. The lowest BCUT2D eigenvalue weighted by atomic mass is 10.1. The van der Waals surface area contributed by atoms with Crippen LogP contribution in [0.5, 0.6) is 5.75 Å². The number of benzene rings is 1. The molecule has 26 heavy (non-hydrogen) atoms. The molecule has 1 aliphatic heterocycles. The fourth-order valence-corrected chi connectivity index (χ4v) is 2.91. The minimum atomic E-state index is -1.82. The lowest BCUT2D eigenvalue weighted by Gasteiger charge is -2.16. The summed E-state index contributed by atoms with van der Waals surface area (Å²) in [6.07, 6.45) is 5.17. The molecule has 0 bridgehead atoms. The molecule has 0 saturated carbocycles. The first-order valence-electron chi connectivity index (χ1n) is 8.59. The lowest BCUT2D eigenvalue weighted by Crippen LogP contribution is -2.23. The van der Waals surface area contributed by atoms with E-state index in [0.29, 0.717) is 16.0 Å². The summed E-state index contributed by atoms with van der Waals surface area (Å²) in [7, 11) is 0. The van der Waals surface area contributed by atoms with Crippen molar-refractivity contribution in [1.29, 1.82) is 0 Å². The summed E-state index contributed by atoms with van der Waals surface area (Å²) in [4.78, 5) is 20.8. The van der Waals surface area contributed by atoms with Crippen molar-refractivity contribution < 1.29 is 24.5 Å². The van der Waals surface area contributed by atoms with Crippen molar-refractivity contribution in [2.45, 2.75) is 32.6 Å². The molecule has 2 rings (SSSR count). The maximum Gasteiger partial charge on any atom is 0.414 e. The molecule has 0 aliphatic carbocycles. The topological polar surface area (TPSA) is 87.1 Å². The van der Waals surface area contributed by atoms with Crippen LogP contribution in [0.15, 0.2) is 18.2 Å². The Labute approximate surface area is 163 Å². The van der Waals surface area contributed by atoms with E-state index < -0.39 is 11.9 Å². The largest absolute Gasteiger partial charge is 0.493 e. The van der Waals surface area contributed by atoms with Gasteiger partial charge in [0, 0.05) is 18.5 Å². The highest BCUT2D eigenvalue weighted by Gasteiger charge is 2.22. The molecule has 1 saturated heterocycles. The van der Waals surface area contributed by atoms with Gasteiger partial charge in [0.25, 0.3) is 0 Å². The van der Waals surface area contributed by atoms with E-state index in [0.717, 1.165) is 18.9 Å². The van der Waals surface area contributed by atoms with Gasteiger partial charge in [0.1, 0.15) is 5.75 Å². The molecule has 0 radical (unpaired) electrons. The molecule has 0 spiro atoms. The van der Waals surface area contributed by atoms with Crippen molar-refractivity contribution in [2.75, 3.05) is 26.2 Å². The molecule has 1 aliphatic rings. The first-order valence-corrected chi connectivity index (χ1v) is 9.35. The SMILES string of the molecule is CCCCCN1CCC(COc2ccc(Cl)c(Cl)c2)C1.O=C(O)C(=O)O. The summed E-state index contributed by atoms with van der Waals surface area (Å²) < 4.78 is 5.83. The number of likely N-dealkylation sites (tertiary alicyclic amines) is 1. The summed E-state index contributed by atoms with van der Waals surface area (Å²) in [6.45, 7) is 6.61. The van der Waals surface area contributed by atoms with Gasteiger partial charge < -0.3 is 19.8 Å². The number of hydrogen-bond donors (Lipinski definition) is 2. The molecule has 0 amide bonds. The molecule has 0 aromatic heterocycles. The Balaban J connectivity index is 0.000000487. The number of aliphatic carboxylic acids is 2. The molecule has 146 valence electrons. The fourth-order valence-electron chi connectivity index (χ4n) is 2.62. The maximum absolute atomic E-state index is 9.10. The number of unbranched alkanes of at least 4 members (excludes halogenated alkanes) is 2. The smallest absolute Gasteiger partial charge is 0.414 e. The number of rotatable bonds is 7. The van der Waals surface area contributed by atoms with Crippen LogP contribution in [0.1, 0.15) is 32.6 Å². The standard InChI is InChI=1S/C16H23Cl2NO.C2H2O4/c1-2-3-4-8-19-9-7-13(11-19)12-20-14-5-6-15(17)16(18)10-14;3-1(4)2(5)6/h5-6,10,13H,2-4,7-9,11-12H2,1H3;(H,3,4)(H,5,6). The molecule has 1 heterocycles. The van der Waals surface area contributed by atoms with E-state index in [1.54, 1.807) is 12.1 Å².